The second kappa shape index (κ2) is 6.17. The van der Waals surface area contributed by atoms with Crippen molar-refractivity contribution in [3.8, 4) is 5.75 Å². The van der Waals surface area contributed by atoms with E-state index in [0.29, 0.717) is 6.54 Å². The number of esters is 1. The topological polar surface area (TPSA) is 66.2 Å². The maximum atomic E-state index is 11.4. The van der Waals surface area contributed by atoms with Crippen molar-refractivity contribution in [2.45, 2.75) is 32.7 Å². The van der Waals surface area contributed by atoms with E-state index in [4.69, 9.17) is 4.74 Å². The molecule has 0 radical (unpaired) electrons. The van der Waals surface area contributed by atoms with Gasteiger partial charge in [0, 0.05) is 0 Å². The molecular weight excluding hydrogens is 282 g/mol. The predicted octanol–water partition coefficient (Wildman–Crippen LogP) is 2.42. The third-order valence-electron chi connectivity index (χ3n) is 3.35. The maximum Gasteiger partial charge on any atom is 0.360 e. The molecule has 2 aromatic rings. The second-order valence-corrected chi connectivity index (χ2v) is 6.08. The molecule has 22 heavy (non-hydrogen) atoms. The maximum absolute atomic E-state index is 11.4. The second-order valence-electron chi connectivity index (χ2n) is 6.08. The van der Waals surface area contributed by atoms with Crippen molar-refractivity contribution >= 4 is 5.97 Å². The fourth-order valence-electron chi connectivity index (χ4n) is 2.20. The SMILES string of the molecule is COC(=O)c1cn(Cc2ccc(OC)c(C(C)(C)C)c2)nn1. The van der Waals surface area contributed by atoms with Gasteiger partial charge in [0.15, 0.2) is 5.69 Å². The van der Waals surface area contributed by atoms with Crippen LogP contribution in [0.1, 0.15) is 42.4 Å². The van der Waals surface area contributed by atoms with Crippen LogP contribution in [0.5, 0.6) is 5.75 Å². The molecule has 0 aliphatic carbocycles. The Bertz CT molecular complexity index is 672. The normalized spacial score (nSPS) is 11.3. The third kappa shape index (κ3) is 3.44. The summed E-state index contributed by atoms with van der Waals surface area (Å²) in [5, 5.41) is 7.75. The summed E-state index contributed by atoms with van der Waals surface area (Å²) in [6, 6.07) is 6.03. The Kier molecular flexibility index (Phi) is 4.49. The number of nitrogens with zero attached hydrogens (tertiary/aromatic N) is 3. The van der Waals surface area contributed by atoms with Crippen LogP contribution in [0, 0.1) is 0 Å². The Morgan fingerprint density at radius 3 is 2.59 bits per heavy atom. The lowest BCUT2D eigenvalue weighted by Crippen LogP contribution is -2.14. The number of carbonyl (C=O) groups excluding carboxylic acids is 1. The highest BCUT2D eigenvalue weighted by atomic mass is 16.5. The molecule has 1 heterocycles. The summed E-state index contributed by atoms with van der Waals surface area (Å²) < 4.78 is 11.7. The van der Waals surface area contributed by atoms with Gasteiger partial charge in [-0.3, -0.25) is 0 Å². The molecule has 2 rings (SSSR count). The van der Waals surface area contributed by atoms with Gasteiger partial charge in [-0.1, -0.05) is 32.1 Å². The summed E-state index contributed by atoms with van der Waals surface area (Å²) in [5.74, 6) is 0.376. The fourth-order valence-corrected chi connectivity index (χ4v) is 2.20. The molecule has 0 amide bonds. The minimum Gasteiger partial charge on any atom is -0.496 e. The number of aromatic nitrogens is 3. The van der Waals surface area contributed by atoms with Gasteiger partial charge >= 0.3 is 5.97 Å². The molecule has 118 valence electrons. The van der Waals surface area contributed by atoms with E-state index in [9.17, 15) is 4.79 Å². The van der Waals surface area contributed by atoms with Crippen LogP contribution in [0.25, 0.3) is 0 Å². The van der Waals surface area contributed by atoms with Gasteiger partial charge in [-0.15, -0.1) is 5.10 Å². The van der Waals surface area contributed by atoms with E-state index >= 15 is 0 Å². The zero-order valence-electron chi connectivity index (χ0n) is 13.6. The highest BCUT2D eigenvalue weighted by Gasteiger charge is 2.19. The Hall–Kier alpha value is -2.37. The summed E-state index contributed by atoms with van der Waals surface area (Å²) in [6.45, 7) is 6.94. The minimum absolute atomic E-state index is 0.0269. The first-order valence-corrected chi connectivity index (χ1v) is 7.01. The largest absolute Gasteiger partial charge is 0.496 e. The summed E-state index contributed by atoms with van der Waals surface area (Å²) in [5.41, 5.74) is 2.36. The smallest absolute Gasteiger partial charge is 0.360 e. The van der Waals surface area contributed by atoms with Crippen LogP contribution in [0.15, 0.2) is 24.4 Å². The van der Waals surface area contributed by atoms with Gasteiger partial charge in [0.1, 0.15) is 5.75 Å². The Morgan fingerprint density at radius 1 is 1.27 bits per heavy atom. The number of rotatable bonds is 4. The van der Waals surface area contributed by atoms with Gasteiger partial charge in [0.05, 0.1) is 27.0 Å². The third-order valence-corrected chi connectivity index (χ3v) is 3.35. The number of hydrogen-bond acceptors (Lipinski definition) is 5. The molecule has 0 bridgehead atoms. The molecule has 0 atom stereocenters. The highest BCUT2D eigenvalue weighted by Crippen LogP contribution is 2.32. The molecule has 6 nitrogen and oxygen atoms in total. The van der Waals surface area contributed by atoms with Crippen LogP contribution in [0.3, 0.4) is 0 Å². The first kappa shape index (κ1) is 16.0. The Balaban J connectivity index is 2.27. The molecule has 0 N–H and O–H groups in total. The summed E-state index contributed by atoms with van der Waals surface area (Å²) >= 11 is 0. The molecule has 0 saturated heterocycles. The van der Waals surface area contributed by atoms with E-state index in [1.165, 1.54) is 7.11 Å². The molecule has 1 aromatic heterocycles. The summed E-state index contributed by atoms with van der Waals surface area (Å²) in [4.78, 5) is 11.4. The van der Waals surface area contributed by atoms with E-state index in [-0.39, 0.29) is 11.1 Å². The average molecular weight is 303 g/mol. The fraction of sp³-hybridized carbons (Fsp3) is 0.438. The van der Waals surface area contributed by atoms with Crippen molar-refractivity contribution in [1.82, 2.24) is 15.0 Å². The van der Waals surface area contributed by atoms with Crippen LogP contribution >= 0.6 is 0 Å². The lowest BCUT2D eigenvalue weighted by molar-refractivity contribution is 0.0594. The van der Waals surface area contributed by atoms with E-state index in [1.54, 1.807) is 18.0 Å². The zero-order valence-corrected chi connectivity index (χ0v) is 13.6. The van der Waals surface area contributed by atoms with Gasteiger partial charge in [-0.2, -0.15) is 0 Å². The Labute approximate surface area is 130 Å². The summed E-state index contributed by atoms with van der Waals surface area (Å²) in [7, 11) is 2.99. The lowest BCUT2D eigenvalue weighted by atomic mass is 9.85. The van der Waals surface area contributed by atoms with Crippen LogP contribution < -0.4 is 4.74 Å². The molecular formula is C16H21N3O3. The van der Waals surface area contributed by atoms with Crippen molar-refractivity contribution < 1.29 is 14.3 Å². The molecule has 6 heteroatoms. The van der Waals surface area contributed by atoms with Crippen molar-refractivity contribution in [2.75, 3.05) is 14.2 Å². The van der Waals surface area contributed by atoms with Gasteiger partial charge in [-0.25, -0.2) is 9.48 Å². The number of carbonyl (C=O) groups is 1. The van der Waals surface area contributed by atoms with E-state index in [1.807, 2.05) is 12.1 Å². The number of methoxy groups -OCH3 is 2. The van der Waals surface area contributed by atoms with Crippen LogP contribution in [0.4, 0.5) is 0 Å². The lowest BCUT2D eigenvalue weighted by Gasteiger charge is -2.23. The van der Waals surface area contributed by atoms with E-state index in [0.717, 1.165) is 16.9 Å². The van der Waals surface area contributed by atoms with Crippen molar-refractivity contribution in [2.24, 2.45) is 0 Å². The standard InChI is InChI=1S/C16H21N3O3/c1-16(2,3)12-8-11(6-7-14(12)21-4)9-19-10-13(17-18-19)15(20)22-5/h6-8,10H,9H2,1-5H3. The molecule has 0 saturated carbocycles. The van der Waals surface area contributed by atoms with Crippen LogP contribution in [-0.2, 0) is 16.7 Å². The quantitative estimate of drug-likeness (QED) is 0.812. The number of ether oxygens (including phenoxy) is 2. The molecule has 0 aliphatic rings. The molecule has 0 spiro atoms. The van der Waals surface area contributed by atoms with Crippen molar-refractivity contribution in [3.05, 3.63) is 41.2 Å². The summed E-state index contributed by atoms with van der Waals surface area (Å²) in [6.07, 6.45) is 1.58. The number of benzene rings is 1. The average Bonchev–Trinajstić information content (AvgIpc) is 2.94. The highest BCUT2D eigenvalue weighted by molar-refractivity contribution is 5.86. The van der Waals surface area contributed by atoms with E-state index < -0.39 is 5.97 Å². The van der Waals surface area contributed by atoms with E-state index in [2.05, 4.69) is 41.9 Å². The van der Waals surface area contributed by atoms with Crippen LogP contribution in [0.2, 0.25) is 0 Å². The van der Waals surface area contributed by atoms with Crippen molar-refractivity contribution in [3.63, 3.8) is 0 Å². The van der Waals surface area contributed by atoms with Gasteiger partial charge < -0.3 is 9.47 Å². The molecule has 1 aromatic carbocycles. The predicted molar refractivity (Wildman–Crippen MR) is 82.2 cm³/mol. The van der Waals surface area contributed by atoms with Gasteiger partial charge in [0.25, 0.3) is 0 Å². The molecule has 0 fully saturated rings. The van der Waals surface area contributed by atoms with Crippen LogP contribution in [-0.4, -0.2) is 35.2 Å². The zero-order chi connectivity index (χ0) is 16.3. The minimum atomic E-state index is -0.489. The molecule has 0 aliphatic heterocycles. The van der Waals surface area contributed by atoms with Gasteiger partial charge in [-0.05, 0) is 28.7 Å². The monoisotopic (exact) mass is 303 g/mol. The van der Waals surface area contributed by atoms with Gasteiger partial charge in [0.2, 0.25) is 0 Å². The first-order valence-electron chi connectivity index (χ1n) is 7.01. The first-order chi connectivity index (χ1) is 10.3. The Morgan fingerprint density at radius 2 is 2.00 bits per heavy atom. The number of hydrogen-bond donors (Lipinski definition) is 0. The van der Waals surface area contributed by atoms with Crippen molar-refractivity contribution in [1.29, 1.82) is 0 Å². The molecule has 0 unspecified atom stereocenters.